The highest BCUT2D eigenvalue weighted by Gasteiger charge is 2.00. The van der Waals surface area contributed by atoms with E-state index in [1.165, 1.54) is 5.69 Å². The Hall–Kier alpha value is -1.94. The molecule has 0 aliphatic heterocycles. The van der Waals surface area contributed by atoms with E-state index in [0.29, 0.717) is 13.2 Å². The molecular weight excluding hydrogens is 264 g/mol. The van der Waals surface area contributed by atoms with Gasteiger partial charge in [0.15, 0.2) is 0 Å². The second-order valence-corrected chi connectivity index (χ2v) is 4.91. The van der Waals surface area contributed by atoms with Gasteiger partial charge < -0.3 is 19.4 Å². The smallest absolute Gasteiger partial charge is 0.119 e. The van der Waals surface area contributed by atoms with Crippen LogP contribution in [-0.4, -0.2) is 24.9 Å². The summed E-state index contributed by atoms with van der Waals surface area (Å²) in [6.07, 6.45) is 3.28. The molecule has 0 aliphatic carbocycles. The Kier molecular flexibility index (Phi) is 6.16. The third-order valence-electron chi connectivity index (χ3n) is 3.27. The molecule has 21 heavy (non-hydrogen) atoms. The van der Waals surface area contributed by atoms with Gasteiger partial charge in [0.05, 0.1) is 13.2 Å². The van der Waals surface area contributed by atoms with Gasteiger partial charge in [-0.2, -0.15) is 0 Å². The van der Waals surface area contributed by atoms with Gasteiger partial charge in [-0.15, -0.1) is 0 Å². The van der Waals surface area contributed by atoms with E-state index in [-0.39, 0.29) is 0 Å². The van der Waals surface area contributed by atoms with Crippen molar-refractivity contribution in [3.05, 3.63) is 48.3 Å². The molecule has 0 bridgehead atoms. The van der Waals surface area contributed by atoms with Gasteiger partial charge in [-0.05, 0) is 42.8 Å². The molecule has 0 amide bonds. The van der Waals surface area contributed by atoms with Crippen LogP contribution in [0, 0.1) is 0 Å². The van der Waals surface area contributed by atoms with Crippen LogP contribution in [0.5, 0.6) is 5.75 Å². The van der Waals surface area contributed by atoms with Crippen molar-refractivity contribution in [1.29, 1.82) is 0 Å². The molecule has 1 N–H and O–H groups in total. The van der Waals surface area contributed by atoms with Gasteiger partial charge in [-0.1, -0.05) is 6.92 Å². The van der Waals surface area contributed by atoms with Crippen molar-refractivity contribution >= 4 is 5.69 Å². The zero-order valence-corrected chi connectivity index (χ0v) is 12.8. The minimum absolute atomic E-state index is 0.577. The molecule has 0 saturated heterocycles. The Bertz CT molecular complexity index is 520. The predicted molar refractivity (Wildman–Crippen MR) is 85.9 cm³/mol. The van der Waals surface area contributed by atoms with Crippen molar-refractivity contribution in [2.45, 2.75) is 26.4 Å². The Labute approximate surface area is 126 Å². The third-order valence-corrected chi connectivity index (χ3v) is 3.27. The summed E-state index contributed by atoms with van der Waals surface area (Å²) in [6, 6.07) is 12.3. The number of hydrogen-bond acceptors (Lipinski definition) is 3. The highest BCUT2D eigenvalue weighted by Crippen LogP contribution is 2.16. The van der Waals surface area contributed by atoms with Crippen LogP contribution in [0.25, 0.3) is 0 Å². The van der Waals surface area contributed by atoms with Gasteiger partial charge in [0.25, 0.3) is 0 Å². The van der Waals surface area contributed by atoms with Crippen molar-refractivity contribution in [2.24, 2.45) is 0 Å². The first-order valence-electron chi connectivity index (χ1n) is 7.43. The lowest BCUT2D eigenvalue weighted by Gasteiger charge is -2.11. The minimum atomic E-state index is 0.577. The van der Waals surface area contributed by atoms with E-state index in [1.807, 2.05) is 24.3 Å². The van der Waals surface area contributed by atoms with Gasteiger partial charge >= 0.3 is 0 Å². The molecule has 2 aromatic rings. The van der Waals surface area contributed by atoms with Crippen molar-refractivity contribution in [3.63, 3.8) is 0 Å². The molecule has 1 aromatic carbocycles. The quantitative estimate of drug-likeness (QED) is 0.717. The van der Waals surface area contributed by atoms with E-state index in [0.717, 1.165) is 30.9 Å². The number of aromatic nitrogens is 1. The molecular formula is C17H24N2O2. The first-order valence-corrected chi connectivity index (χ1v) is 7.43. The van der Waals surface area contributed by atoms with Gasteiger partial charge in [0.2, 0.25) is 0 Å². The minimum Gasteiger partial charge on any atom is -0.491 e. The highest BCUT2D eigenvalue weighted by molar-refractivity contribution is 5.46. The average Bonchev–Trinajstić information content (AvgIpc) is 2.94. The molecule has 4 heteroatoms. The van der Waals surface area contributed by atoms with Crippen molar-refractivity contribution in [1.82, 2.24) is 4.57 Å². The zero-order chi connectivity index (χ0) is 14.9. The molecule has 1 aromatic heterocycles. The van der Waals surface area contributed by atoms with Crippen LogP contribution in [-0.2, 0) is 17.8 Å². The molecule has 114 valence electrons. The van der Waals surface area contributed by atoms with Crippen LogP contribution in [0.3, 0.4) is 0 Å². The summed E-state index contributed by atoms with van der Waals surface area (Å²) in [5.41, 5.74) is 2.40. The maximum Gasteiger partial charge on any atom is 0.119 e. The molecule has 1 heterocycles. The SMILES string of the molecule is CCCn1cccc1CNc1ccc(OCCOC)cc1. The topological polar surface area (TPSA) is 35.4 Å². The van der Waals surface area contributed by atoms with Gasteiger partial charge in [0, 0.05) is 31.2 Å². The van der Waals surface area contributed by atoms with Gasteiger partial charge in [-0.3, -0.25) is 0 Å². The van der Waals surface area contributed by atoms with E-state index in [1.54, 1.807) is 7.11 Å². The van der Waals surface area contributed by atoms with Crippen LogP contribution >= 0.6 is 0 Å². The standard InChI is InChI=1S/C17H24N2O2/c1-3-10-19-11-4-5-16(19)14-18-15-6-8-17(9-7-15)21-13-12-20-2/h4-9,11,18H,3,10,12-14H2,1-2H3. The molecule has 4 nitrogen and oxygen atoms in total. The van der Waals surface area contributed by atoms with Crippen LogP contribution in [0.2, 0.25) is 0 Å². The van der Waals surface area contributed by atoms with E-state index < -0.39 is 0 Å². The maximum absolute atomic E-state index is 5.55. The first-order chi connectivity index (χ1) is 10.3. The number of methoxy groups -OCH3 is 1. The molecule has 0 radical (unpaired) electrons. The number of nitrogens with one attached hydrogen (secondary N) is 1. The molecule has 0 atom stereocenters. The second kappa shape index (κ2) is 8.37. The summed E-state index contributed by atoms with van der Waals surface area (Å²) >= 11 is 0. The number of nitrogens with zero attached hydrogens (tertiary/aromatic N) is 1. The average molecular weight is 288 g/mol. The summed E-state index contributed by atoms with van der Waals surface area (Å²) in [5.74, 6) is 0.868. The number of hydrogen-bond donors (Lipinski definition) is 1. The summed E-state index contributed by atoms with van der Waals surface area (Å²) in [7, 11) is 1.67. The Balaban J connectivity index is 1.84. The van der Waals surface area contributed by atoms with E-state index in [2.05, 4.69) is 35.1 Å². The van der Waals surface area contributed by atoms with Crippen LogP contribution in [0.15, 0.2) is 42.6 Å². The van der Waals surface area contributed by atoms with E-state index in [9.17, 15) is 0 Å². The van der Waals surface area contributed by atoms with E-state index >= 15 is 0 Å². The van der Waals surface area contributed by atoms with Gasteiger partial charge in [0.1, 0.15) is 12.4 Å². The lowest BCUT2D eigenvalue weighted by molar-refractivity contribution is 0.146. The molecule has 0 aliphatic rings. The maximum atomic E-state index is 5.55. The fourth-order valence-electron chi connectivity index (χ4n) is 2.17. The number of benzene rings is 1. The largest absolute Gasteiger partial charge is 0.491 e. The number of aryl methyl sites for hydroxylation is 1. The summed E-state index contributed by atoms with van der Waals surface area (Å²) in [4.78, 5) is 0. The monoisotopic (exact) mass is 288 g/mol. The Morgan fingerprint density at radius 2 is 1.90 bits per heavy atom. The molecule has 0 spiro atoms. The third kappa shape index (κ3) is 4.83. The number of ether oxygens (including phenoxy) is 2. The molecule has 2 rings (SSSR count). The van der Waals surface area contributed by atoms with Gasteiger partial charge in [-0.25, -0.2) is 0 Å². The summed E-state index contributed by atoms with van der Waals surface area (Å²) in [5, 5.41) is 3.44. The zero-order valence-electron chi connectivity index (χ0n) is 12.8. The number of anilines is 1. The molecule has 0 unspecified atom stereocenters. The van der Waals surface area contributed by atoms with Crippen LogP contribution in [0.4, 0.5) is 5.69 Å². The predicted octanol–water partition coefficient (Wildman–Crippen LogP) is 3.54. The van der Waals surface area contributed by atoms with Crippen molar-refractivity contribution in [2.75, 3.05) is 25.6 Å². The Morgan fingerprint density at radius 1 is 1.10 bits per heavy atom. The molecule has 0 saturated carbocycles. The number of rotatable bonds is 9. The van der Waals surface area contributed by atoms with Crippen LogP contribution < -0.4 is 10.1 Å². The fourth-order valence-corrected chi connectivity index (χ4v) is 2.17. The van der Waals surface area contributed by atoms with Crippen molar-refractivity contribution < 1.29 is 9.47 Å². The van der Waals surface area contributed by atoms with E-state index in [4.69, 9.17) is 9.47 Å². The van der Waals surface area contributed by atoms with Crippen molar-refractivity contribution in [3.8, 4) is 5.75 Å². The highest BCUT2D eigenvalue weighted by atomic mass is 16.5. The van der Waals surface area contributed by atoms with Crippen LogP contribution in [0.1, 0.15) is 19.0 Å². The Morgan fingerprint density at radius 3 is 2.62 bits per heavy atom. The fraction of sp³-hybridized carbons (Fsp3) is 0.412. The summed E-state index contributed by atoms with van der Waals surface area (Å²) in [6.45, 7) is 5.27. The molecule has 0 fully saturated rings. The lowest BCUT2D eigenvalue weighted by atomic mass is 10.3. The lowest BCUT2D eigenvalue weighted by Crippen LogP contribution is -2.07. The first kappa shape index (κ1) is 15.4. The summed E-state index contributed by atoms with van der Waals surface area (Å²) < 4.78 is 12.8. The second-order valence-electron chi connectivity index (χ2n) is 4.91. The normalized spacial score (nSPS) is 10.6.